The van der Waals surface area contributed by atoms with Gasteiger partial charge in [-0.15, -0.1) is 0 Å². The van der Waals surface area contributed by atoms with Crippen molar-refractivity contribution in [2.45, 2.75) is 25.3 Å². The van der Waals surface area contributed by atoms with Gasteiger partial charge in [-0.25, -0.2) is 4.39 Å². The molecule has 0 amide bonds. The minimum atomic E-state index is -0.107. The van der Waals surface area contributed by atoms with Crippen molar-refractivity contribution in [2.75, 3.05) is 0 Å². The van der Waals surface area contributed by atoms with E-state index in [2.05, 4.69) is 15.9 Å². The second-order valence-corrected chi connectivity index (χ2v) is 4.36. The lowest BCUT2D eigenvalue weighted by Gasteiger charge is -2.21. The average Bonchev–Trinajstić information content (AvgIpc) is 2.12. The van der Waals surface area contributed by atoms with Crippen LogP contribution in [-0.2, 0) is 12.8 Å². The van der Waals surface area contributed by atoms with Gasteiger partial charge >= 0.3 is 0 Å². The monoisotopic (exact) mass is 243 g/mol. The Bertz CT molecular complexity index is 338. The molecule has 0 fully saturated rings. The molecule has 1 unspecified atom stereocenters. The van der Waals surface area contributed by atoms with Crippen molar-refractivity contribution >= 4 is 15.9 Å². The summed E-state index contributed by atoms with van der Waals surface area (Å²) in [5.41, 5.74) is 7.72. The quantitative estimate of drug-likeness (QED) is 0.745. The third kappa shape index (κ3) is 1.63. The first-order valence-electron chi connectivity index (χ1n) is 4.40. The molecule has 3 heteroatoms. The molecular formula is C10H11BrFN. The molecule has 1 nitrogen and oxygen atoms in total. The molecule has 1 aromatic rings. The second-order valence-electron chi connectivity index (χ2n) is 3.50. The first kappa shape index (κ1) is 9.16. The van der Waals surface area contributed by atoms with Crippen LogP contribution in [-0.4, -0.2) is 6.04 Å². The fraction of sp³-hybridized carbons (Fsp3) is 0.400. The number of hydrogen-bond donors (Lipinski definition) is 1. The fourth-order valence-corrected chi connectivity index (χ4v) is 2.18. The van der Waals surface area contributed by atoms with Gasteiger partial charge in [-0.1, -0.05) is 6.07 Å². The number of benzene rings is 1. The standard InChI is InChI=1S/C10H11BrFN/c11-9-4-1-6-5-7(13)2-3-8(6)10(9)12/h1,4,7H,2-3,5,13H2. The van der Waals surface area contributed by atoms with E-state index in [-0.39, 0.29) is 11.9 Å². The minimum Gasteiger partial charge on any atom is -0.327 e. The van der Waals surface area contributed by atoms with Crippen LogP contribution in [0.4, 0.5) is 4.39 Å². The molecule has 1 aromatic carbocycles. The molecule has 1 aliphatic rings. The van der Waals surface area contributed by atoms with E-state index in [0.717, 1.165) is 30.4 Å². The van der Waals surface area contributed by atoms with Gasteiger partial charge in [0.2, 0.25) is 0 Å². The largest absolute Gasteiger partial charge is 0.327 e. The van der Waals surface area contributed by atoms with Crippen LogP contribution in [0.1, 0.15) is 17.5 Å². The smallest absolute Gasteiger partial charge is 0.140 e. The Morgan fingerprint density at radius 3 is 3.00 bits per heavy atom. The van der Waals surface area contributed by atoms with Crippen molar-refractivity contribution < 1.29 is 4.39 Å². The summed E-state index contributed by atoms with van der Waals surface area (Å²) in [6.45, 7) is 0. The van der Waals surface area contributed by atoms with E-state index in [9.17, 15) is 4.39 Å². The molecule has 0 spiro atoms. The summed E-state index contributed by atoms with van der Waals surface area (Å²) >= 11 is 3.18. The van der Waals surface area contributed by atoms with Gasteiger partial charge in [-0.3, -0.25) is 0 Å². The Balaban J connectivity index is 2.47. The number of rotatable bonds is 0. The molecule has 13 heavy (non-hydrogen) atoms. The van der Waals surface area contributed by atoms with Gasteiger partial charge in [0, 0.05) is 6.04 Å². The molecule has 1 aliphatic carbocycles. The molecule has 0 heterocycles. The summed E-state index contributed by atoms with van der Waals surface area (Å²) in [7, 11) is 0. The highest BCUT2D eigenvalue weighted by Gasteiger charge is 2.19. The lowest BCUT2D eigenvalue weighted by Crippen LogP contribution is -2.28. The predicted molar refractivity (Wildman–Crippen MR) is 54.1 cm³/mol. The number of hydrogen-bond acceptors (Lipinski definition) is 1. The summed E-state index contributed by atoms with van der Waals surface area (Å²) in [5.74, 6) is -0.107. The van der Waals surface area contributed by atoms with E-state index in [4.69, 9.17) is 5.73 Å². The molecule has 0 saturated heterocycles. The molecule has 0 saturated carbocycles. The van der Waals surface area contributed by atoms with Crippen molar-refractivity contribution in [1.82, 2.24) is 0 Å². The zero-order chi connectivity index (χ0) is 9.42. The van der Waals surface area contributed by atoms with Crippen LogP contribution in [0.2, 0.25) is 0 Å². The maximum absolute atomic E-state index is 13.5. The highest BCUT2D eigenvalue weighted by Crippen LogP contribution is 2.27. The Kier molecular flexibility index (Phi) is 2.39. The third-order valence-corrected chi connectivity index (χ3v) is 3.15. The van der Waals surface area contributed by atoms with Gasteiger partial charge in [0.05, 0.1) is 4.47 Å². The summed E-state index contributed by atoms with van der Waals surface area (Å²) in [4.78, 5) is 0. The SMILES string of the molecule is NC1CCc2c(ccc(Br)c2F)C1. The Morgan fingerprint density at radius 2 is 2.23 bits per heavy atom. The third-order valence-electron chi connectivity index (χ3n) is 2.54. The maximum Gasteiger partial charge on any atom is 0.140 e. The minimum absolute atomic E-state index is 0.107. The van der Waals surface area contributed by atoms with E-state index < -0.39 is 0 Å². The lowest BCUT2D eigenvalue weighted by atomic mass is 9.88. The molecule has 0 aliphatic heterocycles. The van der Waals surface area contributed by atoms with Crippen LogP contribution in [0.5, 0.6) is 0 Å². The summed E-state index contributed by atoms with van der Waals surface area (Å²) in [6.07, 6.45) is 2.46. The molecule has 0 bridgehead atoms. The summed E-state index contributed by atoms with van der Waals surface area (Å²) < 4.78 is 14.1. The van der Waals surface area contributed by atoms with Crippen molar-refractivity contribution in [1.29, 1.82) is 0 Å². The normalized spacial score (nSPS) is 21.3. The average molecular weight is 244 g/mol. The lowest BCUT2D eigenvalue weighted by molar-refractivity contribution is 0.535. The Morgan fingerprint density at radius 1 is 1.46 bits per heavy atom. The fourth-order valence-electron chi connectivity index (χ4n) is 1.81. The van der Waals surface area contributed by atoms with E-state index in [0.29, 0.717) is 4.47 Å². The number of nitrogens with two attached hydrogens (primary N) is 1. The Hall–Kier alpha value is -0.410. The van der Waals surface area contributed by atoms with E-state index in [1.807, 2.05) is 6.07 Å². The number of fused-ring (bicyclic) bond motifs is 1. The number of halogens is 2. The van der Waals surface area contributed by atoms with E-state index in [1.54, 1.807) is 6.07 Å². The van der Waals surface area contributed by atoms with E-state index in [1.165, 1.54) is 0 Å². The van der Waals surface area contributed by atoms with Gasteiger partial charge in [-0.2, -0.15) is 0 Å². The molecule has 2 rings (SSSR count). The van der Waals surface area contributed by atoms with Gasteiger partial charge < -0.3 is 5.73 Å². The van der Waals surface area contributed by atoms with Crippen molar-refractivity contribution in [3.63, 3.8) is 0 Å². The first-order valence-corrected chi connectivity index (χ1v) is 5.19. The molecule has 70 valence electrons. The molecule has 0 radical (unpaired) electrons. The van der Waals surface area contributed by atoms with Crippen LogP contribution >= 0.6 is 15.9 Å². The molecule has 0 aromatic heterocycles. The molecule has 1 atom stereocenters. The topological polar surface area (TPSA) is 26.0 Å². The van der Waals surface area contributed by atoms with Crippen molar-refractivity contribution in [3.05, 3.63) is 33.5 Å². The first-order chi connectivity index (χ1) is 6.18. The summed E-state index contributed by atoms with van der Waals surface area (Å²) in [6, 6.07) is 3.92. The predicted octanol–water partition coefficient (Wildman–Crippen LogP) is 2.40. The van der Waals surface area contributed by atoms with Crippen LogP contribution in [0.3, 0.4) is 0 Å². The van der Waals surface area contributed by atoms with Gasteiger partial charge in [-0.05, 0) is 52.4 Å². The highest BCUT2D eigenvalue weighted by atomic mass is 79.9. The van der Waals surface area contributed by atoms with Gasteiger partial charge in [0.25, 0.3) is 0 Å². The van der Waals surface area contributed by atoms with Crippen LogP contribution in [0.25, 0.3) is 0 Å². The van der Waals surface area contributed by atoms with Crippen molar-refractivity contribution in [3.8, 4) is 0 Å². The second kappa shape index (κ2) is 3.39. The maximum atomic E-state index is 13.5. The zero-order valence-corrected chi connectivity index (χ0v) is 8.77. The van der Waals surface area contributed by atoms with Crippen LogP contribution in [0, 0.1) is 5.82 Å². The Labute approximate surface area is 85.3 Å². The highest BCUT2D eigenvalue weighted by molar-refractivity contribution is 9.10. The van der Waals surface area contributed by atoms with Gasteiger partial charge in [0.1, 0.15) is 5.82 Å². The molecule has 2 N–H and O–H groups in total. The summed E-state index contributed by atoms with van der Waals surface area (Å²) in [5, 5.41) is 0. The van der Waals surface area contributed by atoms with Crippen LogP contribution in [0.15, 0.2) is 16.6 Å². The molecular weight excluding hydrogens is 233 g/mol. The van der Waals surface area contributed by atoms with Crippen molar-refractivity contribution in [2.24, 2.45) is 5.73 Å². The van der Waals surface area contributed by atoms with Crippen LogP contribution < -0.4 is 5.73 Å². The van der Waals surface area contributed by atoms with E-state index >= 15 is 0 Å². The zero-order valence-electron chi connectivity index (χ0n) is 7.19. The van der Waals surface area contributed by atoms with Gasteiger partial charge in [0.15, 0.2) is 0 Å².